The van der Waals surface area contributed by atoms with E-state index in [4.69, 9.17) is 23.7 Å². The minimum absolute atomic E-state index is 0.000932. The molecule has 2 saturated heterocycles. The SMILES string of the molecule is CCCCc1cc(Cc2c(OC3OC(C(=O)OC4OC(C(=O)O)C(O)C(O)C4O)C(O)C(O)C3O)cc3c(c2O)C(=O)CC(c2ccc(O)c(O)c2)O3)c[nH]1. The van der Waals surface area contributed by atoms with Gasteiger partial charge in [-0.15, -0.1) is 0 Å². The van der Waals surface area contributed by atoms with Crippen LogP contribution in [0.25, 0.3) is 0 Å². The van der Waals surface area contributed by atoms with Gasteiger partial charge in [0.15, 0.2) is 29.5 Å². The van der Waals surface area contributed by atoms with Gasteiger partial charge in [0.25, 0.3) is 0 Å². The number of nitrogens with one attached hydrogen (secondary N) is 1. The fourth-order valence-electron chi connectivity index (χ4n) is 6.60. The number of esters is 1. The van der Waals surface area contributed by atoms with Crippen LogP contribution in [-0.2, 0) is 36.6 Å². The molecule has 3 aromatic rings. The Bertz CT molecular complexity index is 1910. The van der Waals surface area contributed by atoms with Crippen molar-refractivity contribution in [1.29, 1.82) is 0 Å². The lowest BCUT2D eigenvalue weighted by Crippen LogP contribution is -2.63. The van der Waals surface area contributed by atoms with Gasteiger partial charge in [-0.05, 0) is 42.2 Å². The lowest BCUT2D eigenvalue weighted by atomic mass is 9.92. The van der Waals surface area contributed by atoms with Gasteiger partial charge in [-0.25, -0.2) is 9.59 Å². The topological polar surface area (TPSA) is 315 Å². The maximum absolute atomic E-state index is 13.5. The molecule has 11 unspecified atom stereocenters. The van der Waals surface area contributed by atoms with Crippen LogP contribution in [0.15, 0.2) is 36.5 Å². The fourth-order valence-corrected chi connectivity index (χ4v) is 6.60. The van der Waals surface area contributed by atoms with Gasteiger partial charge in [-0.2, -0.15) is 0 Å². The molecule has 11 atom stereocenters. The predicted molar refractivity (Wildman–Crippen MR) is 180 cm³/mol. The number of aliphatic hydroxyl groups excluding tert-OH is 6. The van der Waals surface area contributed by atoms with E-state index >= 15 is 0 Å². The number of hydrogen-bond donors (Lipinski definition) is 11. The van der Waals surface area contributed by atoms with Crippen molar-refractivity contribution in [3.8, 4) is 28.7 Å². The zero-order valence-corrected chi connectivity index (χ0v) is 29.1. The van der Waals surface area contributed by atoms with Crippen molar-refractivity contribution < 1.29 is 89.1 Å². The molecule has 2 fully saturated rings. The third-order valence-corrected chi connectivity index (χ3v) is 9.69. The zero-order valence-electron chi connectivity index (χ0n) is 29.1. The minimum atomic E-state index is -2.20. The first-order valence-corrected chi connectivity index (χ1v) is 17.4. The van der Waals surface area contributed by atoms with Crippen LogP contribution in [0.4, 0.5) is 0 Å². The quantitative estimate of drug-likeness (QED) is 0.0855. The number of H-pyrrole nitrogens is 1. The first-order chi connectivity index (χ1) is 26.1. The van der Waals surface area contributed by atoms with E-state index in [-0.39, 0.29) is 35.5 Å². The van der Waals surface area contributed by atoms with E-state index in [1.165, 1.54) is 24.3 Å². The van der Waals surface area contributed by atoms with Gasteiger partial charge >= 0.3 is 11.9 Å². The summed E-state index contributed by atoms with van der Waals surface area (Å²) in [6, 6.07) is 6.88. The highest BCUT2D eigenvalue weighted by Gasteiger charge is 2.53. The summed E-state index contributed by atoms with van der Waals surface area (Å²) < 4.78 is 27.5. The maximum atomic E-state index is 13.5. The van der Waals surface area contributed by atoms with E-state index in [9.17, 15) is 65.4 Å². The van der Waals surface area contributed by atoms with E-state index in [0.29, 0.717) is 11.1 Å². The summed E-state index contributed by atoms with van der Waals surface area (Å²) in [4.78, 5) is 41.4. The van der Waals surface area contributed by atoms with Gasteiger partial charge in [0.1, 0.15) is 65.5 Å². The largest absolute Gasteiger partial charge is 0.507 e. The Hall–Kier alpha value is -4.99. The van der Waals surface area contributed by atoms with Crippen molar-refractivity contribution in [2.75, 3.05) is 0 Å². The van der Waals surface area contributed by atoms with E-state index < -0.39 is 102 Å². The van der Waals surface area contributed by atoms with Gasteiger partial charge in [0.05, 0.1) is 6.42 Å². The normalized spacial score (nSPS) is 30.6. The van der Waals surface area contributed by atoms with Crippen LogP contribution in [-0.4, -0.2) is 135 Å². The molecule has 0 radical (unpaired) electrons. The van der Waals surface area contributed by atoms with E-state index in [2.05, 4.69) is 4.98 Å². The number of phenols is 3. The molecular formula is C36H41NO18. The molecule has 0 amide bonds. The maximum Gasteiger partial charge on any atom is 0.340 e. The number of ether oxygens (including phenoxy) is 5. The van der Waals surface area contributed by atoms with E-state index in [1.54, 1.807) is 6.20 Å². The molecule has 2 aromatic carbocycles. The number of Topliss-reactive ketones (excluding diaryl/α,β-unsaturated/α-hetero) is 1. The van der Waals surface area contributed by atoms with Gasteiger partial charge in [0.2, 0.25) is 12.6 Å². The number of aryl methyl sites for hydroxylation is 1. The first-order valence-electron chi connectivity index (χ1n) is 17.4. The summed E-state index contributed by atoms with van der Waals surface area (Å²) in [7, 11) is 0. The molecule has 19 nitrogen and oxygen atoms in total. The summed E-state index contributed by atoms with van der Waals surface area (Å²) in [5.74, 6) is -5.77. The standard InChI is InChI=1S/C36H41NO18/c1-2-3-4-15-7-13(12-37-15)8-16-21(11-22-23(24(16)41)19(40)10-20(51-22)14-5-6-17(38)18(39)9-14)52-35-29(46)26(43)28(45)32(54-35)34(50)55-36-30(47)25(42)27(44)31(53-36)33(48)49/h5-7,9,11-12,20,25-32,35-39,41-47H,2-4,8,10H2,1H3,(H,48,49). The van der Waals surface area contributed by atoms with Crippen molar-refractivity contribution in [1.82, 2.24) is 4.98 Å². The van der Waals surface area contributed by atoms with Crippen molar-refractivity contribution >= 4 is 17.7 Å². The summed E-state index contributed by atoms with van der Waals surface area (Å²) in [6.45, 7) is 2.03. The number of aromatic amines is 1. The predicted octanol–water partition coefficient (Wildman–Crippen LogP) is -0.607. The fraction of sp³-hybridized carbons (Fsp3) is 0.472. The van der Waals surface area contributed by atoms with Crippen molar-refractivity contribution in [2.24, 2.45) is 0 Å². The van der Waals surface area contributed by atoms with Crippen LogP contribution in [0.3, 0.4) is 0 Å². The molecule has 55 heavy (non-hydrogen) atoms. The molecule has 3 aliphatic rings. The number of aliphatic carboxylic acids is 1. The van der Waals surface area contributed by atoms with Crippen LogP contribution >= 0.6 is 0 Å². The van der Waals surface area contributed by atoms with E-state index in [0.717, 1.165) is 25.0 Å². The van der Waals surface area contributed by atoms with Crippen molar-refractivity contribution in [2.45, 2.75) is 107 Å². The number of fused-ring (bicyclic) bond motifs is 1. The molecule has 0 spiro atoms. The number of benzene rings is 2. The Kier molecular flexibility index (Phi) is 11.6. The first kappa shape index (κ1) is 39.7. The summed E-state index contributed by atoms with van der Waals surface area (Å²) in [5.41, 5.74) is 1.64. The Morgan fingerprint density at radius 2 is 1.53 bits per heavy atom. The number of carbonyl (C=O) groups excluding carboxylic acids is 2. The highest BCUT2D eigenvalue weighted by Crippen LogP contribution is 2.47. The number of aliphatic hydroxyl groups is 6. The average Bonchev–Trinajstić information content (AvgIpc) is 3.60. The lowest BCUT2D eigenvalue weighted by Gasteiger charge is -2.41. The summed E-state index contributed by atoms with van der Waals surface area (Å²) >= 11 is 0. The summed E-state index contributed by atoms with van der Waals surface area (Å²) in [5, 5.41) is 104. The molecule has 0 bridgehead atoms. The second-order valence-corrected chi connectivity index (χ2v) is 13.6. The number of hydrogen-bond acceptors (Lipinski definition) is 17. The molecule has 0 aliphatic carbocycles. The molecule has 11 N–H and O–H groups in total. The molecule has 19 heteroatoms. The van der Waals surface area contributed by atoms with Crippen LogP contribution < -0.4 is 9.47 Å². The number of rotatable bonds is 11. The third-order valence-electron chi connectivity index (χ3n) is 9.69. The lowest BCUT2D eigenvalue weighted by molar-refractivity contribution is -0.302. The van der Waals surface area contributed by atoms with E-state index in [1.807, 2.05) is 13.0 Å². The monoisotopic (exact) mass is 775 g/mol. The third kappa shape index (κ3) is 7.91. The number of aromatic hydroxyl groups is 3. The van der Waals surface area contributed by atoms with Gasteiger partial charge in [0, 0.05) is 29.9 Å². The molecular weight excluding hydrogens is 734 g/mol. The number of ketones is 1. The van der Waals surface area contributed by atoms with Crippen molar-refractivity contribution in [3.05, 3.63) is 64.5 Å². The number of aromatic nitrogens is 1. The van der Waals surface area contributed by atoms with Crippen LogP contribution in [0, 0.1) is 0 Å². The highest BCUT2D eigenvalue weighted by molar-refractivity contribution is 6.03. The van der Waals surface area contributed by atoms with Gasteiger partial charge < -0.3 is 79.7 Å². The Morgan fingerprint density at radius 3 is 2.20 bits per heavy atom. The van der Waals surface area contributed by atoms with Crippen molar-refractivity contribution in [3.63, 3.8) is 0 Å². The molecule has 1 aromatic heterocycles. The van der Waals surface area contributed by atoms with Gasteiger partial charge in [-0.3, -0.25) is 4.79 Å². The smallest absolute Gasteiger partial charge is 0.340 e. The second-order valence-electron chi connectivity index (χ2n) is 13.6. The van der Waals surface area contributed by atoms with Gasteiger partial charge in [-0.1, -0.05) is 19.4 Å². The number of carboxylic acid groups (broad SMARTS) is 1. The zero-order chi connectivity index (χ0) is 39.9. The van der Waals surface area contributed by atoms with Crippen LogP contribution in [0.1, 0.15) is 65.0 Å². The average molecular weight is 776 g/mol. The molecule has 0 saturated carbocycles. The molecule has 6 rings (SSSR count). The number of phenolic OH excluding ortho intramolecular Hbond substituents is 3. The minimum Gasteiger partial charge on any atom is -0.507 e. The highest BCUT2D eigenvalue weighted by atomic mass is 16.7. The molecule has 4 heterocycles. The Balaban J connectivity index is 1.32. The Labute approximate surface area is 311 Å². The molecule has 3 aliphatic heterocycles. The molecule has 298 valence electrons. The number of carbonyl (C=O) groups is 3. The van der Waals surface area contributed by atoms with Crippen LogP contribution in [0.2, 0.25) is 0 Å². The second kappa shape index (κ2) is 16.0. The summed E-state index contributed by atoms with van der Waals surface area (Å²) in [6.07, 6.45) is -18.5. The van der Waals surface area contributed by atoms with Crippen LogP contribution in [0.5, 0.6) is 28.7 Å². The Morgan fingerprint density at radius 1 is 0.855 bits per heavy atom. The number of unbranched alkanes of at least 4 members (excludes halogenated alkanes) is 1. The number of carboxylic acids is 1.